The second-order valence-corrected chi connectivity index (χ2v) is 9.33. The Labute approximate surface area is 182 Å². The smallest absolute Gasteiger partial charge is 0.335 e. The minimum Gasteiger partial charge on any atom is -0.478 e. The Morgan fingerprint density at radius 3 is 2.47 bits per heavy atom. The van der Waals surface area contributed by atoms with Gasteiger partial charge in [-0.3, -0.25) is 0 Å². The van der Waals surface area contributed by atoms with Crippen molar-refractivity contribution in [2.75, 3.05) is 5.75 Å². The lowest BCUT2D eigenvalue weighted by Gasteiger charge is -2.33. The summed E-state index contributed by atoms with van der Waals surface area (Å²) < 4.78 is 0. The Kier molecular flexibility index (Phi) is 5.70. The van der Waals surface area contributed by atoms with Crippen LogP contribution in [0.25, 0.3) is 11.1 Å². The molecule has 150 valence electrons. The van der Waals surface area contributed by atoms with Crippen molar-refractivity contribution in [2.45, 2.75) is 37.0 Å². The predicted molar refractivity (Wildman–Crippen MR) is 124 cm³/mol. The summed E-state index contributed by atoms with van der Waals surface area (Å²) in [5, 5.41) is 9.04. The molecule has 0 aliphatic carbocycles. The number of thioether (sulfide) groups is 1. The summed E-state index contributed by atoms with van der Waals surface area (Å²) in [7, 11) is 0. The Balaban J connectivity index is 1.71. The number of carboxylic acid groups (broad SMARTS) is 1. The molecular weight excluding hydrogens is 388 g/mol. The average Bonchev–Trinajstić information content (AvgIpc) is 2.75. The van der Waals surface area contributed by atoms with Gasteiger partial charge >= 0.3 is 5.97 Å². The third-order valence-corrected chi connectivity index (χ3v) is 6.75. The van der Waals surface area contributed by atoms with Gasteiger partial charge in [0.1, 0.15) is 0 Å². The highest BCUT2D eigenvalue weighted by molar-refractivity contribution is 7.99. The van der Waals surface area contributed by atoms with Gasteiger partial charge in [0.05, 0.1) is 5.56 Å². The summed E-state index contributed by atoms with van der Waals surface area (Å²) in [5.74, 6) is 6.93. The molecule has 30 heavy (non-hydrogen) atoms. The number of carboxylic acids is 1. The minimum absolute atomic E-state index is 0.133. The van der Waals surface area contributed by atoms with E-state index in [1.165, 1.54) is 21.6 Å². The van der Waals surface area contributed by atoms with Gasteiger partial charge in [0.2, 0.25) is 0 Å². The van der Waals surface area contributed by atoms with Gasteiger partial charge in [-0.1, -0.05) is 68.2 Å². The maximum absolute atomic E-state index is 11.0. The van der Waals surface area contributed by atoms with Crippen LogP contribution < -0.4 is 0 Å². The van der Waals surface area contributed by atoms with Gasteiger partial charge in [0.15, 0.2) is 0 Å². The van der Waals surface area contributed by atoms with Crippen molar-refractivity contribution < 1.29 is 9.90 Å². The van der Waals surface area contributed by atoms with E-state index >= 15 is 0 Å². The molecule has 2 nitrogen and oxygen atoms in total. The zero-order chi connectivity index (χ0) is 21.1. The van der Waals surface area contributed by atoms with Gasteiger partial charge in [0.25, 0.3) is 0 Å². The number of rotatable bonds is 3. The van der Waals surface area contributed by atoms with Gasteiger partial charge in [-0.2, -0.15) is 0 Å². The molecule has 3 heteroatoms. The van der Waals surface area contributed by atoms with Gasteiger partial charge in [-0.25, -0.2) is 4.79 Å². The molecule has 0 saturated heterocycles. The monoisotopic (exact) mass is 412 g/mol. The van der Waals surface area contributed by atoms with Gasteiger partial charge in [-0.15, -0.1) is 11.8 Å². The van der Waals surface area contributed by atoms with Crippen LogP contribution in [0, 0.1) is 11.8 Å². The van der Waals surface area contributed by atoms with E-state index in [9.17, 15) is 4.79 Å². The van der Waals surface area contributed by atoms with Crippen LogP contribution >= 0.6 is 11.8 Å². The van der Waals surface area contributed by atoms with Crippen LogP contribution in [-0.4, -0.2) is 16.8 Å². The number of benzene rings is 3. The Morgan fingerprint density at radius 2 is 1.77 bits per heavy atom. The van der Waals surface area contributed by atoms with E-state index in [2.05, 4.69) is 62.1 Å². The van der Waals surface area contributed by atoms with E-state index in [-0.39, 0.29) is 5.41 Å². The first kappa shape index (κ1) is 20.3. The van der Waals surface area contributed by atoms with Gasteiger partial charge in [0, 0.05) is 16.9 Å². The molecule has 1 aliphatic heterocycles. The van der Waals surface area contributed by atoms with E-state index in [4.69, 9.17) is 5.11 Å². The summed E-state index contributed by atoms with van der Waals surface area (Å²) in [4.78, 5) is 12.3. The van der Waals surface area contributed by atoms with E-state index in [0.29, 0.717) is 12.0 Å². The molecule has 0 unspecified atom stereocenters. The van der Waals surface area contributed by atoms with Crippen molar-refractivity contribution in [1.29, 1.82) is 0 Å². The molecule has 0 fully saturated rings. The molecule has 1 N–H and O–H groups in total. The summed E-state index contributed by atoms with van der Waals surface area (Å²) in [5.41, 5.74) is 6.35. The molecule has 1 aliphatic rings. The SMILES string of the molecule is CC1(C)CCSc2c(C#CCc3ccc(C(=O)O)cc3)cc(-c3ccccc3)cc21. The summed E-state index contributed by atoms with van der Waals surface area (Å²) in [6, 6.07) is 22.0. The predicted octanol–water partition coefficient (Wildman–Crippen LogP) is 6.42. The highest BCUT2D eigenvalue weighted by Gasteiger charge is 2.29. The maximum Gasteiger partial charge on any atom is 0.335 e. The number of hydrogen-bond donors (Lipinski definition) is 1. The van der Waals surface area contributed by atoms with Gasteiger partial charge in [-0.05, 0) is 64.1 Å². The molecule has 3 aromatic rings. The zero-order valence-corrected chi connectivity index (χ0v) is 18.1. The van der Waals surface area contributed by atoms with E-state index in [1.807, 2.05) is 30.0 Å². The summed E-state index contributed by atoms with van der Waals surface area (Å²) >= 11 is 1.91. The first-order chi connectivity index (χ1) is 14.4. The molecule has 3 aromatic carbocycles. The maximum atomic E-state index is 11.0. The fraction of sp³-hybridized carbons (Fsp3) is 0.222. The zero-order valence-electron chi connectivity index (χ0n) is 17.2. The second-order valence-electron chi connectivity index (χ2n) is 8.23. The van der Waals surface area contributed by atoms with Gasteiger partial charge < -0.3 is 5.11 Å². The lowest BCUT2D eigenvalue weighted by Crippen LogP contribution is -2.23. The van der Waals surface area contributed by atoms with Crippen LogP contribution in [0.4, 0.5) is 0 Å². The average molecular weight is 413 g/mol. The number of hydrogen-bond acceptors (Lipinski definition) is 2. The first-order valence-electron chi connectivity index (χ1n) is 10.1. The fourth-order valence-corrected chi connectivity index (χ4v) is 5.30. The molecule has 0 atom stereocenters. The highest BCUT2D eigenvalue weighted by Crippen LogP contribution is 2.44. The lowest BCUT2D eigenvalue weighted by atomic mass is 9.79. The van der Waals surface area contributed by atoms with Crippen LogP contribution in [0.15, 0.2) is 71.6 Å². The highest BCUT2D eigenvalue weighted by atomic mass is 32.2. The third-order valence-electron chi connectivity index (χ3n) is 5.62. The molecule has 0 spiro atoms. The van der Waals surface area contributed by atoms with E-state index in [1.54, 1.807) is 12.1 Å². The summed E-state index contributed by atoms with van der Waals surface area (Å²) in [6.45, 7) is 4.64. The van der Waals surface area contributed by atoms with Crippen molar-refractivity contribution in [3.8, 4) is 23.0 Å². The molecule has 0 radical (unpaired) electrons. The first-order valence-corrected chi connectivity index (χ1v) is 11.1. The third kappa shape index (κ3) is 4.30. The van der Waals surface area contributed by atoms with Crippen molar-refractivity contribution in [3.05, 3.63) is 89.0 Å². The second kappa shape index (κ2) is 8.42. The minimum atomic E-state index is -0.906. The molecule has 4 rings (SSSR count). The van der Waals surface area contributed by atoms with Crippen molar-refractivity contribution in [1.82, 2.24) is 0 Å². The fourth-order valence-electron chi connectivity index (χ4n) is 3.73. The van der Waals surface area contributed by atoms with E-state index in [0.717, 1.165) is 23.3 Å². The van der Waals surface area contributed by atoms with Crippen LogP contribution in [0.2, 0.25) is 0 Å². The quantitative estimate of drug-likeness (QED) is 0.504. The summed E-state index contributed by atoms with van der Waals surface area (Å²) in [6.07, 6.45) is 1.75. The molecular formula is C27H24O2S. The molecule has 0 aromatic heterocycles. The lowest BCUT2D eigenvalue weighted by molar-refractivity contribution is 0.0697. The van der Waals surface area contributed by atoms with Crippen molar-refractivity contribution in [2.24, 2.45) is 0 Å². The standard InChI is InChI=1S/C27H24O2S/c1-27(2)15-16-30-25-22(10-6-7-19-11-13-21(14-12-19)26(28)29)17-23(18-24(25)27)20-8-4-3-5-9-20/h3-5,8-9,11-14,17-18H,7,15-16H2,1-2H3,(H,28,29). The largest absolute Gasteiger partial charge is 0.478 e. The Hall–Kier alpha value is -2.96. The number of carbonyl (C=O) groups is 1. The number of fused-ring (bicyclic) bond motifs is 1. The molecule has 0 bridgehead atoms. The molecule has 1 heterocycles. The topological polar surface area (TPSA) is 37.3 Å². The molecule has 0 amide bonds. The van der Waals surface area contributed by atoms with Crippen molar-refractivity contribution in [3.63, 3.8) is 0 Å². The van der Waals surface area contributed by atoms with Crippen molar-refractivity contribution >= 4 is 17.7 Å². The molecule has 0 saturated carbocycles. The van der Waals surface area contributed by atoms with Crippen LogP contribution in [0.1, 0.15) is 47.3 Å². The Bertz CT molecular complexity index is 1130. The normalized spacial score (nSPS) is 14.3. The van der Waals surface area contributed by atoms with Crippen LogP contribution in [0.3, 0.4) is 0 Å². The Morgan fingerprint density at radius 1 is 1.03 bits per heavy atom. The van der Waals surface area contributed by atoms with Crippen LogP contribution in [0.5, 0.6) is 0 Å². The van der Waals surface area contributed by atoms with Crippen LogP contribution in [-0.2, 0) is 11.8 Å². The van der Waals surface area contributed by atoms with E-state index < -0.39 is 5.97 Å². The number of aromatic carboxylic acids is 1.